The van der Waals surface area contributed by atoms with Crippen LogP contribution >= 0.6 is 15.9 Å². The van der Waals surface area contributed by atoms with E-state index in [4.69, 9.17) is 5.26 Å². The Morgan fingerprint density at radius 1 is 0.885 bits per heavy atom. The molecule has 3 heteroatoms. The highest BCUT2D eigenvalue weighted by Gasteiger charge is 2.47. The lowest BCUT2D eigenvalue weighted by Crippen LogP contribution is -2.39. The van der Waals surface area contributed by atoms with Crippen LogP contribution in [0.3, 0.4) is 0 Å². The molecule has 1 aliphatic rings. The van der Waals surface area contributed by atoms with Crippen molar-refractivity contribution in [3.8, 4) is 6.07 Å². The van der Waals surface area contributed by atoms with Gasteiger partial charge in [0, 0.05) is 17.4 Å². The van der Waals surface area contributed by atoms with Gasteiger partial charge in [-0.25, -0.2) is 0 Å². The van der Waals surface area contributed by atoms with Crippen molar-refractivity contribution in [3.05, 3.63) is 107 Å². The third-order valence-corrected chi connectivity index (χ3v) is 6.50. The van der Waals surface area contributed by atoms with E-state index in [1.54, 1.807) is 0 Å². The number of hydrogen-bond acceptors (Lipinski definition) is 2. The van der Waals surface area contributed by atoms with Gasteiger partial charge >= 0.3 is 0 Å². The smallest absolute Gasteiger partial charge is 0.164 e. The first-order valence-electron chi connectivity index (χ1n) is 8.49. The van der Waals surface area contributed by atoms with Gasteiger partial charge in [0.05, 0.1) is 16.5 Å². The van der Waals surface area contributed by atoms with E-state index >= 15 is 0 Å². The molecule has 0 fully saturated rings. The lowest BCUT2D eigenvalue weighted by Gasteiger charge is -2.43. The average Bonchev–Trinajstić information content (AvgIpc) is 2.71. The molecule has 126 valence electrons. The van der Waals surface area contributed by atoms with Crippen LogP contribution in [0.1, 0.15) is 43.9 Å². The van der Waals surface area contributed by atoms with E-state index < -0.39 is 5.41 Å². The van der Waals surface area contributed by atoms with E-state index in [1.807, 2.05) is 66.7 Å². The van der Waals surface area contributed by atoms with Gasteiger partial charge in [0.2, 0.25) is 0 Å². The summed E-state index contributed by atoms with van der Waals surface area (Å²) in [6, 6.07) is 27.7. The second-order valence-corrected chi connectivity index (χ2v) is 7.49. The van der Waals surface area contributed by atoms with Crippen LogP contribution < -0.4 is 0 Å². The molecule has 0 saturated heterocycles. The first-order valence-corrected chi connectivity index (χ1v) is 9.41. The normalized spacial score (nSPS) is 21.7. The molecule has 2 atom stereocenters. The number of halogens is 1. The van der Waals surface area contributed by atoms with E-state index in [9.17, 15) is 4.79 Å². The topological polar surface area (TPSA) is 40.9 Å². The Bertz CT molecular complexity index is 1000. The Kier molecular flexibility index (Phi) is 4.22. The van der Waals surface area contributed by atoms with Gasteiger partial charge in [-0.05, 0) is 28.8 Å². The number of nitriles is 1. The van der Waals surface area contributed by atoms with Crippen LogP contribution in [0.5, 0.6) is 0 Å². The molecule has 0 aromatic heterocycles. The van der Waals surface area contributed by atoms with Crippen LogP contribution in [-0.2, 0) is 5.41 Å². The molecular formula is C23H16BrNO. The van der Waals surface area contributed by atoms with Crippen molar-refractivity contribution in [2.45, 2.75) is 16.7 Å². The maximum absolute atomic E-state index is 13.0. The van der Waals surface area contributed by atoms with Gasteiger partial charge in [0.15, 0.2) is 5.78 Å². The molecule has 4 rings (SSSR count). The van der Waals surface area contributed by atoms with Crippen LogP contribution in [0.4, 0.5) is 0 Å². The molecule has 3 aromatic carbocycles. The van der Waals surface area contributed by atoms with Crippen molar-refractivity contribution in [1.82, 2.24) is 0 Å². The summed E-state index contributed by atoms with van der Waals surface area (Å²) in [5.74, 6) is 0.143. The number of Topliss-reactive ketones (excluding diaryl/α,β-unsaturated/α-hetero) is 1. The Balaban J connectivity index is 1.98. The largest absolute Gasteiger partial charge is 0.294 e. The molecule has 2 unspecified atom stereocenters. The summed E-state index contributed by atoms with van der Waals surface area (Å²) in [6.45, 7) is 0. The van der Waals surface area contributed by atoms with Gasteiger partial charge < -0.3 is 0 Å². The molecule has 0 radical (unpaired) electrons. The molecule has 2 nitrogen and oxygen atoms in total. The minimum Gasteiger partial charge on any atom is -0.294 e. The van der Waals surface area contributed by atoms with E-state index in [0.29, 0.717) is 12.0 Å². The van der Waals surface area contributed by atoms with Crippen molar-refractivity contribution in [2.75, 3.05) is 0 Å². The third-order valence-electron chi connectivity index (χ3n) is 5.22. The number of carbonyl (C=O) groups excluding carboxylic acids is 1. The van der Waals surface area contributed by atoms with E-state index in [2.05, 4.69) is 34.1 Å². The molecule has 0 bridgehead atoms. The van der Waals surface area contributed by atoms with Gasteiger partial charge in [0.25, 0.3) is 0 Å². The predicted octanol–water partition coefficient (Wildman–Crippen LogP) is 5.57. The zero-order valence-corrected chi connectivity index (χ0v) is 15.6. The number of ketones is 1. The standard InChI is InChI=1S/C23H16BrNO/c24-22-20-9-5-4-8-19(20)21(26)14-23(22,17-6-2-1-3-7-17)18-12-10-16(15-25)11-13-18/h1-13,22H,14H2. The van der Waals surface area contributed by atoms with Crippen molar-refractivity contribution in [2.24, 2.45) is 0 Å². The third kappa shape index (κ3) is 2.50. The fraction of sp³-hybridized carbons (Fsp3) is 0.130. The van der Waals surface area contributed by atoms with Crippen LogP contribution in [0.2, 0.25) is 0 Å². The van der Waals surface area contributed by atoms with E-state index in [-0.39, 0.29) is 10.6 Å². The maximum atomic E-state index is 13.0. The van der Waals surface area contributed by atoms with Crippen molar-refractivity contribution >= 4 is 21.7 Å². The summed E-state index contributed by atoms with van der Waals surface area (Å²) in [7, 11) is 0. The van der Waals surface area contributed by atoms with Crippen molar-refractivity contribution in [3.63, 3.8) is 0 Å². The number of nitrogens with zero attached hydrogens (tertiary/aromatic N) is 1. The fourth-order valence-electron chi connectivity index (χ4n) is 3.92. The maximum Gasteiger partial charge on any atom is 0.164 e. The summed E-state index contributed by atoms with van der Waals surface area (Å²) >= 11 is 3.93. The quantitative estimate of drug-likeness (QED) is 0.526. The molecule has 3 aromatic rings. The lowest BCUT2D eigenvalue weighted by molar-refractivity contribution is 0.0945. The number of carbonyl (C=O) groups is 1. The first-order chi connectivity index (χ1) is 12.7. The number of benzene rings is 3. The summed E-state index contributed by atoms with van der Waals surface area (Å²) in [5, 5.41) is 9.13. The second-order valence-electron chi connectivity index (χ2n) is 6.58. The van der Waals surface area contributed by atoms with Crippen LogP contribution in [0.25, 0.3) is 0 Å². The molecule has 26 heavy (non-hydrogen) atoms. The predicted molar refractivity (Wildman–Crippen MR) is 105 cm³/mol. The van der Waals surface area contributed by atoms with Gasteiger partial charge in [-0.15, -0.1) is 0 Å². The lowest BCUT2D eigenvalue weighted by atomic mass is 9.63. The Morgan fingerprint density at radius 2 is 1.50 bits per heavy atom. The molecule has 0 heterocycles. The molecule has 1 aliphatic carbocycles. The van der Waals surface area contributed by atoms with E-state index in [1.165, 1.54) is 0 Å². The molecule has 0 saturated carbocycles. The molecule has 0 spiro atoms. The van der Waals surface area contributed by atoms with Crippen molar-refractivity contribution in [1.29, 1.82) is 5.26 Å². The molecular weight excluding hydrogens is 386 g/mol. The summed E-state index contributed by atoms with van der Waals surface area (Å²) in [4.78, 5) is 13.0. The number of rotatable bonds is 2. The number of fused-ring (bicyclic) bond motifs is 1. The molecule has 0 amide bonds. The Labute approximate surface area is 161 Å². The SMILES string of the molecule is N#Cc1ccc(C2(c3ccccc3)CC(=O)c3ccccc3C2Br)cc1. The van der Waals surface area contributed by atoms with E-state index in [0.717, 1.165) is 22.3 Å². The van der Waals surface area contributed by atoms with Gasteiger partial charge in [-0.2, -0.15) is 5.26 Å². The number of alkyl halides is 1. The van der Waals surface area contributed by atoms with Crippen LogP contribution in [-0.4, -0.2) is 5.78 Å². The fourth-order valence-corrected chi connectivity index (χ4v) is 5.01. The van der Waals surface area contributed by atoms with Gasteiger partial charge in [-0.1, -0.05) is 82.7 Å². The van der Waals surface area contributed by atoms with Crippen LogP contribution in [0, 0.1) is 11.3 Å². The highest BCUT2D eigenvalue weighted by molar-refractivity contribution is 9.09. The number of hydrogen-bond donors (Lipinski definition) is 0. The first kappa shape index (κ1) is 16.8. The monoisotopic (exact) mass is 401 g/mol. The Hall–Kier alpha value is -2.70. The minimum atomic E-state index is -0.513. The zero-order valence-electron chi connectivity index (χ0n) is 14.0. The summed E-state index contributed by atoms with van der Waals surface area (Å²) < 4.78 is 0. The van der Waals surface area contributed by atoms with Gasteiger partial charge in [0.1, 0.15) is 0 Å². The highest BCUT2D eigenvalue weighted by Crippen LogP contribution is 2.54. The summed E-state index contributed by atoms with van der Waals surface area (Å²) in [6.07, 6.45) is 0.385. The second kappa shape index (κ2) is 6.55. The minimum absolute atomic E-state index is 0.0424. The molecule has 0 aliphatic heterocycles. The zero-order chi connectivity index (χ0) is 18.1. The highest BCUT2D eigenvalue weighted by atomic mass is 79.9. The van der Waals surface area contributed by atoms with Crippen molar-refractivity contribution < 1.29 is 4.79 Å². The van der Waals surface area contributed by atoms with Crippen LogP contribution in [0.15, 0.2) is 78.9 Å². The molecule has 0 N–H and O–H groups in total. The van der Waals surface area contributed by atoms with Gasteiger partial charge in [-0.3, -0.25) is 4.79 Å². The average molecular weight is 402 g/mol. The Morgan fingerprint density at radius 3 is 2.19 bits per heavy atom. The summed E-state index contributed by atoms with van der Waals surface area (Å²) in [5.41, 5.74) is 4.03.